The molecular weight excluding hydrogens is 234 g/mol. The van der Waals surface area contributed by atoms with Crippen LogP contribution in [-0.4, -0.2) is 29.9 Å². The summed E-state index contributed by atoms with van der Waals surface area (Å²) in [6.07, 6.45) is 0.166. The lowest BCUT2D eigenvalue weighted by Gasteiger charge is -2.18. The molecule has 0 radical (unpaired) electrons. The third kappa shape index (κ3) is 5.13. The molecule has 1 N–H and O–H groups in total. The second-order valence-electron chi connectivity index (χ2n) is 4.23. The lowest BCUT2D eigenvalue weighted by atomic mass is 10.3. The van der Waals surface area contributed by atoms with Crippen LogP contribution in [0.3, 0.4) is 0 Å². The van der Waals surface area contributed by atoms with E-state index in [2.05, 4.69) is 26.0 Å². The van der Waals surface area contributed by atoms with Crippen molar-refractivity contribution in [3.05, 3.63) is 24.3 Å². The first-order chi connectivity index (χ1) is 7.99. The highest BCUT2D eigenvalue weighted by Gasteiger charge is 2.04. The number of anilines is 1. The third-order valence-electron chi connectivity index (χ3n) is 2.31. The average Bonchev–Trinajstić information content (AvgIpc) is 2.26. The maximum Gasteiger partial charge on any atom is 0.305 e. The van der Waals surface area contributed by atoms with E-state index in [-0.39, 0.29) is 6.42 Å². The van der Waals surface area contributed by atoms with Crippen LogP contribution in [-0.2, 0) is 4.79 Å². The number of carboxylic acids is 1. The van der Waals surface area contributed by atoms with Gasteiger partial charge in [-0.15, -0.1) is 11.8 Å². The molecule has 0 aliphatic rings. The fraction of sp³-hybridized carbons (Fsp3) is 0.462. The summed E-state index contributed by atoms with van der Waals surface area (Å²) in [6.45, 7) is 4.86. The van der Waals surface area contributed by atoms with Gasteiger partial charge in [0.1, 0.15) is 0 Å². The number of rotatable bonds is 6. The van der Waals surface area contributed by atoms with Gasteiger partial charge in [0.15, 0.2) is 0 Å². The smallest absolute Gasteiger partial charge is 0.305 e. The van der Waals surface area contributed by atoms with Crippen molar-refractivity contribution in [2.75, 3.05) is 18.5 Å². The van der Waals surface area contributed by atoms with Crippen LogP contribution in [0.15, 0.2) is 29.2 Å². The summed E-state index contributed by atoms with van der Waals surface area (Å²) in [5.41, 5.74) is 1.05. The van der Waals surface area contributed by atoms with Gasteiger partial charge < -0.3 is 10.0 Å². The van der Waals surface area contributed by atoms with Crippen molar-refractivity contribution in [3.8, 4) is 0 Å². The van der Waals surface area contributed by atoms with Gasteiger partial charge in [0.25, 0.3) is 0 Å². The molecule has 94 valence electrons. The van der Waals surface area contributed by atoms with Crippen LogP contribution in [0.2, 0.25) is 0 Å². The lowest BCUT2D eigenvalue weighted by molar-refractivity contribution is -0.136. The van der Waals surface area contributed by atoms with E-state index in [0.29, 0.717) is 11.8 Å². The summed E-state index contributed by atoms with van der Waals surface area (Å²) < 4.78 is 0. The number of carboxylic acid groups (broad SMARTS) is 1. The van der Waals surface area contributed by atoms with Gasteiger partial charge in [-0.2, -0.15) is 0 Å². The molecule has 3 nitrogen and oxygen atoms in total. The molecule has 0 atom stereocenters. The minimum absolute atomic E-state index is 0.166. The molecule has 0 spiro atoms. The van der Waals surface area contributed by atoms with E-state index in [9.17, 15) is 4.79 Å². The maximum atomic E-state index is 10.5. The SMILES string of the molecule is CC(C)Sc1ccc(N(C)CCC(=O)O)cc1. The Hall–Kier alpha value is -1.16. The van der Waals surface area contributed by atoms with Gasteiger partial charge in [-0.25, -0.2) is 0 Å². The Morgan fingerprint density at radius 2 is 1.94 bits per heavy atom. The van der Waals surface area contributed by atoms with E-state index in [4.69, 9.17) is 5.11 Å². The summed E-state index contributed by atoms with van der Waals surface area (Å²) in [6, 6.07) is 8.23. The highest BCUT2D eigenvalue weighted by Crippen LogP contribution is 2.25. The number of nitrogens with zero attached hydrogens (tertiary/aromatic N) is 1. The van der Waals surface area contributed by atoms with Crippen LogP contribution in [0.5, 0.6) is 0 Å². The second kappa shape index (κ2) is 6.55. The van der Waals surface area contributed by atoms with E-state index >= 15 is 0 Å². The topological polar surface area (TPSA) is 40.5 Å². The van der Waals surface area contributed by atoms with Crippen LogP contribution in [0.4, 0.5) is 5.69 Å². The van der Waals surface area contributed by atoms with Crippen LogP contribution in [0.1, 0.15) is 20.3 Å². The number of hydrogen-bond acceptors (Lipinski definition) is 3. The lowest BCUT2D eigenvalue weighted by Crippen LogP contribution is -2.20. The van der Waals surface area contributed by atoms with Gasteiger partial charge in [-0.1, -0.05) is 13.8 Å². The summed E-state index contributed by atoms with van der Waals surface area (Å²) in [5.74, 6) is -0.760. The molecule has 17 heavy (non-hydrogen) atoms. The number of carbonyl (C=O) groups is 1. The van der Waals surface area contributed by atoms with Crippen LogP contribution < -0.4 is 4.90 Å². The van der Waals surface area contributed by atoms with Gasteiger partial charge in [0.2, 0.25) is 0 Å². The highest BCUT2D eigenvalue weighted by atomic mass is 32.2. The molecule has 4 heteroatoms. The van der Waals surface area contributed by atoms with Crippen LogP contribution >= 0.6 is 11.8 Å². The Morgan fingerprint density at radius 1 is 1.35 bits per heavy atom. The monoisotopic (exact) mass is 253 g/mol. The molecule has 0 amide bonds. The second-order valence-corrected chi connectivity index (χ2v) is 5.88. The van der Waals surface area contributed by atoms with Gasteiger partial charge in [-0.3, -0.25) is 4.79 Å². The first-order valence-corrected chi connectivity index (χ1v) is 6.56. The summed E-state index contributed by atoms with van der Waals surface area (Å²) in [5, 5.41) is 9.20. The molecule has 0 unspecified atom stereocenters. The third-order valence-corrected chi connectivity index (χ3v) is 3.33. The quantitative estimate of drug-likeness (QED) is 0.791. The molecule has 0 aliphatic carbocycles. The molecule has 1 rings (SSSR count). The van der Waals surface area contributed by atoms with E-state index in [0.717, 1.165) is 5.69 Å². The van der Waals surface area contributed by atoms with Crippen molar-refractivity contribution in [2.45, 2.75) is 30.4 Å². The van der Waals surface area contributed by atoms with Crippen LogP contribution in [0.25, 0.3) is 0 Å². The summed E-state index contributed by atoms with van der Waals surface area (Å²) >= 11 is 1.82. The molecule has 0 aliphatic heterocycles. The van der Waals surface area contributed by atoms with Crippen LogP contribution in [0, 0.1) is 0 Å². The maximum absolute atomic E-state index is 10.5. The fourth-order valence-electron chi connectivity index (χ4n) is 1.44. The molecule has 0 saturated carbocycles. The summed E-state index contributed by atoms with van der Waals surface area (Å²) in [4.78, 5) is 13.7. The fourth-order valence-corrected chi connectivity index (χ4v) is 2.28. The van der Waals surface area contributed by atoms with E-state index in [1.165, 1.54) is 4.90 Å². The van der Waals surface area contributed by atoms with Crippen molar-refractivity contribution in [1.82, 2.24) is 0 Å². The minimum Gasteiger partial charge on any atom is -0.481 e. The largest absolute Gasteiger partial charge is 0.481 e. The Balaban J connectivity index is 2.57. The molecular formula is C13H19NO2S. The minimum atomic E-state index is -0.760. The zero-order valence-corrected chi connectivity index (χ0v) is 11.3. The molecule has 1 aromatic rings. The standard InChI is InChI=1S/C13H19NO2S/c1-10(2)17-12-6-4-11(5-7-12)14(3)9-8-13(15)16/h4-7,10H,8-9H2,1-3H3,(H,15,16). The molecule has 0 fully saturated rings. The van der Waals surface area contributed by atoms with E-state index < -0.39 is 5.97 Å². The summed E-state index contributed by atoms with van der Waals surface area (Å²) in [7, 11) is 1.91. The predicted molar refractivity (Wildman–Crippen MR) is 73.0 cm³/mol. The van der Waals surface area contributed by atoms with Gasteiger partial charge in [0.05, 0.1) is 6.42 Å². The van der Waals surface area contributed by atoms with Crippen molar-refractivity contribution >= 4 is 23.4 Å². The number of aliphatic carboxylic acids is 1. The predicted octanol–water partition coefficient (Wildman–Crippen LogP) is 3.10. The van der Waals surface area contributed by atoms with Crippen molar-refractivity contribution in [1.29, 1.82) is 0 Å². The Kier molecular flexibility index (Phi) is 5.35. The molecule has 1 aromatic carbocycles. The molecule has 0 bridgehead atoms. The first kappa shape index (κ1) is 13.9. The number of benzene rings is 1. The molecule has 0 aromatic heterocycles. The van der Waals surface area contributed by atoms with Crippen molar-refractivity contribution < 1.29 is 9.90 Å². The Morgan fingerprint density at radius 3 is 2.41 bits per heavy atom. The zero-order chi connectivity index (χ0) is 12.8. The average molecular weight is 253 g/mol. The zero-order valence-electron chi connectivity index (χ0n) is 10.5. The number of hydrogen-bond donors (Lipinski definition) is 1. The Labute approximate surface area is 107 Å². The van der Waals surface area contributed by atoms with Crippen molar-refractivity contribution in [3.63, 3.8) is 0 Å². The highest BCUT2D eigenvalue weighted by molar-refractivity contribution is 7.99. The molecule has 0 saturated heterocycles. The molecule has 0 heterocycles. The normalized spacial score (nSPS) is 10.6. The first-order valence-electron chi connectivity index (χ1n) is 5.68. The van der Waals surface area contributed by atoms with Gasteiger partial charge in [0, 0.05) is 29.4 Å². The van der Waals surface area contributed by atoms with Gasteiger partial charge in [-0.05, 0) is 24.3 Å². The van der Waals surface area contributed by atoms with E-state index in [1.54, 1.807) is 0 Å². The van der Waals surface area contributed by atoms with Gasteiger partial charge >= 0.3 is 5.97 Å². The van der Waals surface area contributed by atoms with E-state index in [1.807, 2.05) is 35.8 Å². The number of thioether (sulfide) groups is 1. The van der Waals surface area contributed by atoms with Crippen molar-refractivity contribution in [2.24, 2.45) is 0 Å². The Bertz CT molecular complexity index is 362.